The predicted octanol–water partition coefficient (Wildman–Crippen LogP) is 3.29. The number of para-hydroxylation sites is 2. The number of hydrogen-bond donors (Lipinski definition) is 0. The number of amides is 1. The fraction of sp³-hybridized carbons (Fsp3) is 0.455. The topological polar surface area (TPSA) is 48.9 Å². The lowest BCUT2D eigenvalue weighted by atomic mass is 10.2. The van der Waals surface area contributed by atoms with Crippen LogP contribution in [0, 0.1) is 0 Å². The summed E-state index contributed by atoms with van der Waals surface area (Å²) in [5, 5.41) is 0. The zero-order valence-electron chi connectivity index (χ0n) is 17.1. The van der Waals surface area contributed by atoms with Crippen LogP contribution in [-0.4, -0.2) is 62.7 Å². The number of carbonyl (C=O) groups is 1. The van der Waals surface area contributed by atoms with Crippen LogP contribution in [0.5, 0.6) is 5.75 Å². The number of benzene rings is 1. The standard InChI is InChI=1S/C22H30N4O2/c1-4-5-12-24(2)21-17-18(10-11-23-21)22(27)26-15-13-25(14-16-26)19-8-6-7-9-20(19)28-3/h6-11,17H,4-5,12-16H2,1-3H3. The number of nitrogens with zero attached hydrogens (tertiary/aromatic N) is 4. The van der Waals surface area contributed by atoms with Crippen molar-refractivity contribution in [1.29, 1.82) is 0 Å². The zero-order valence-corrected chi connectivity index (χ0v) is 17.1. The van der Waals surface area contributed by atoms with Crippen LogP contribution in [0.15, 0.2) is 42.6 Å². The zero-order chi connectivity index (χ0) is 19.9. The van der Waals surface area contributed by atoms with E-state index in [1.54, 1.807) is 13.3 Å². The number of unbranched alkanes of at least 4 members (excludes halogenated alkanes) is 1. The molecule has 0 radical (unpaired) electrons. The van der Waals surface area contributed by atoms with Gasteiger partial charge in [0.25, 0.3) is 5.91 Å². The molecule has 1 aliphatic heterocycles. The summed E-state index contributed by atoms with van der Waals surface area (Å²) in [6.07, 6.45) is 3.98. The lowest BCUT2D eigenvalue weighted by molar-refractivity contribution is 0.0746. The molecular formula is C22H30N4O2. The fourth-order valence-corrected chi connectivity index (χ4v) is 3.49. The second-order valence-electron chi connectivity index (χ2n) is 7.13. The third-order valence-electron chi connectivity index (χ3n) is 5.22. The van der Waals surface area contributed by atoms with Crippen molar-refractivity contribution in [3.63, 3.8) is 0 Å². The molecule has 1 amide bonds. The second-order valence-corrected chi connectivity index (χ2v) is 7.13. The van der Waals surface area contributed by atoms with Crippen molar-refractivity contribution in [1.82, 2.24) is 9.88 Å². The maximum Gasteiger partial charge on any atom is 0.254 e. The predicted molar refractivity (Wildman–Crippen MR) is 114 cm³/mol. The molecule has 0 saturated carbocycles. The number of anilines is 2. The van der Waals surface area contributed by atoms with E-state index < -0.39 is 0 Å². The normalized spacial score (nSPS) is 14.1. The number of aromatic nitrogens is 1. The molecule has 0 aliphatic carbocycles. The maximum atomic E-state index is 13.0. The fourth-order valence-electron chi connectivity index (χ4n) is 3.49. The molecule has 2 aromatic rings. The summed E-state index contributed by atoms with van der Waals surface area (Å²) in [6, 6.07) is 11.7. The number of hydrogen-bond acceptors (Lipinski definition) is 5. The number of piperazine rings is 1. The van der Waals surface area contributed by atoms with Crippen LogP contribution in [0.2, 0.25) is 0 Å². The lowest BCUT2D eigenvalue weighted by Crippen LogP contribution is -2.48. The van der Waals surface area contributed by atoms with Gasteiger partial charge >= 0.3 is 0 Å². The van der Waals surface area contributed by atoms with Crippen molar-refractivity contribution >= 4 is 17.4 Å². The Bertz CT molecular complexity index is 788. The Morgan fingerprint density at radius 2 is 1.93 bits per heavy atom. The van der Waals surface area contributed by atoms with E-state index in [1.807, 2.05) is 42.3 Å². The van der Waals surface area contributed by atoms with Gasteiger partial charge in [-0.05, 0) is 30.7 Å². The lowest BCUT2D eigenvalue weighted by Gasteiger charge is -2.36. The molecule has 3 rings (SSSR count). The van der Waals surface area contributed by atoms with Gasteiger partial charge in [0.15, 0.2) is 0 Å². The number of pyridine rings is 1. The minimum Gasteiger partial charge on any atom is -0.495 e. The molecule has 1 aromatic heterocycles. The van der Waals surface area contributed by atoms with Gasteiger partial charge in [0, 0.05) is 51.5 Å². The van der Waals surface area contributed by atoms with Crippen molar-refractivity contribution < 1.29 is 9.53 Å². The molecule has 150 valence electrons. The molecule has 1 aromatic carbocycles. The number of methoxy groups -OCH3 is 1. The summed E-state index contributed by atoms with van der Waals surface area (Å²) in [4.78, 5) is 23.7. The Kier molecular flexibility index (Phi) is 6.74. The Morgan fingerprint density at radius 3 is 2.64 bits per heavy atom. The Labute approximate surface area is 167 Å². The highest BCUT2D eigenvalue weighted by atomic mass is 16.5. The van der Waals surface area contributed by atoms with E-state index in [1.165, 1.54) is 0 Å². The van der Waals surface area contributed by atoms with Crippen LogP contribution in [0.3, 0.4) is 0 Å². The Morgan fingerprint density at radius 1 is 1.18 bits per heavy atom. The molecule has 1 saturated heterocycles. The van der Waals surface area contributed by atoms with Crippen LogP contribution in [0.4, 0.5) is 11.5 Å². The van der Waals surface area contributed by atoms with Crippen molar-refractivity contribution in [3.8, 4) is 5.75 Å². The molecular weight excluding hydrogens is 352 g/mol. The van der Waals surface area contributed by atoms with E-state index in [4.69, 9.17) is 4.74 Å². The molecule has 1 fully saturated rings. The maximum absolute atomic E-state index is 13.0. The Balaban J connectivity index is 1.64. The van der Waals surface area contributed by atoms with Crippen molar-refractivity contribution in [2.45, 2.75) is 19.8 Å². The average Bonchev–Trinajstić information content (AvgIpc) is 2.77. The first-order chi connectivity index (χ1) is 13.6. The van der Waals surface area contributed by atoms with Crippen LogP contribution in [0.25, 0.3) is 0 Å². The summed E-state index contributed by atoms with van der Waals surface area (Å²) in [7, 11) is 3.72. The van der Waals surface area contributed by atoms with Crippen LogP contribution in [0.1, 0.15) is 30.1 Å². The highest BCUT2D eigenvalue weighted by Crippen LogP contribution is 2.28. The van der Waals surface area contributed by atoms with E-state index in [-0.39, 0.29) is 5.91 Å². The van der Waals surface area contributed by atoms with Gasteiger partial charge in [-0.1, -0.05) is 25.5 Å². The van der Waals surface area contributed by atoms with Gasteiger partial charge in [0.2, 0.25) is 0 Å². The summed E-state index contributed by atoms with van der Waals surface area (Å²) >= 11 is 0. The minimum absolute atomic E-state index is 0.0761. The molecule has 6 heteroatoms. The van der Waals surface area contributed by atoms with Crippen molar-refractivity contribution in [2.75, 3.05) is 56.7 Å². The first kappa shape index (κ1) is 20.0. The van der Waals surface area contributed by atoms with Crippen molar-refractivity contribution in [3.05, 3.63) is 48.2 Å². The minimum atomic E-state index is 0.0761. The number of ether oxygens (including phenoxy) is 1. The van der Waals surface area contributed by atoms with Gasteiger partial charge < -0.3 is 19.4 Å². The van der Waals surface area contributed by atoms with Gasteiger partial charge in [-0.3, -0.25) is 4.79 Å². The number of carbonyl (C=O) groups excluding carboxylic acids is 1. The summed E-state index contributed by atoms with van der Waals surface area (Å²) in [5.74, 6) is 1.80. The molecule has 2 heterocycles. The average molecular weight is 383 g/mol. The molecule has 28 heavy (non-hydrogen) atoms. The van der Waals surface area contributed by atoms with E-state index in [2.05, 4.69) is 27.8 Å². The third-order valence-corrected chi connectivity index (χ3v) is 5.22. The molecule has 0 atom stereocenters. The van der Waals surface area contributed by atoms with E-state index in [0.29, 0.717) is 18.7 Å². The van der Waals surface area contributed by atoms with Crippen LogP contribution in [-0.2, 0) is 0 Å². The van der Waals surface area contributed by atoms with Gasteiger partial charge in [0.05, 0.1) is 12.8 Å². The monoisotopic (exact) mass is 382 g/mol. The summed E-state index contributed by atoms with van der Waals surface area (Å²) < 4.78 is 5.47. The van der Waals surface area contributed by atoms with E-state index in [0.717, 1.165) is 49.7 Å². The van der Waals surface area contributed by atoms with Crippen LogP contribution >= 0.6 is 0 Å². The third kappa shape index (κ3) is 4.55. The molecule has 0 bridgehead atoms. The first-order valence-corrected chi connectivity index (χ1v) is 9.98. The quantitative estimate of drug-likeness (QED) is 0.735. The Hall–Kier alpha value is -2.76. The van der Waals surface area contributed by atoms with Gasteiger partial charge in [-0.25, -0.2) is 4.98 Å². The second kappa shape index (κ2) is 9.44. The molecule has 0 unspecified atom stereocenters. The summed E-state index contributed by atoms with van der Waals surface area (Å²) in [6.45, 7) is 6.09. The van der Waals surface area contributed by atoms with Gasteiger partial charge in [-0.15, -0.1) is 0 Å². The SMILES string of the molecule is CCCCN(C)c1cc(C(=O)N2CCN(c3ccccc3OC)CC2)ccn1. The molecule has 0 spiro atoms. The van der Waals surface area contributed by atoms with E-state index in [9.17, 15) is 4.79 Å². The first-order valence-electron chi connectivity index (χ1n) is 9.98. The largest absolute Gasteiger partial charge is 0.495 e. The highest BCUT2D eigenvalue weighted by molar-refractivity contribution is 5.95. The number of rotatable bonds is 7. The molecule has 1 aliphatic rings. The smallest absolute Gasteiger partial charge is 0.254 e. The van der Waals surface area contributed by atoms with Gasteiger partial charge in [-0.2, -0.15) is 0 Å². The van der Waals surface area contributed by atoms with Gasteiger partial charge in [0.1, 0.15) is 11.6 Å². The summed E-state index contributed by atoms with van der Waals surface area (Å²) in [5.41, 5.74) is 1.79. The van der Waals surface area contributed by atoms with Crippen LogP contribution < -0.4 is 14.5 Å². The van der Waals surface area contributed by atoms with E-state index >= 15 is 0 Å². The molecule has 6 nitrogen and oxygen atoms in total. The van der Waals surface area contributed by atoms with Crippen molar-refractivity contribution in [2.24, 2.45) is 0 Å². The molecule has 0 N–H and O–H groups in total. The highest BCUT2D eigenvalue weighted by Gasteiger charge is 2.24.